The van der Waals surface area contributed by atoms with Crippen LogP contribution in [0.25, 0.3) is 22.4 Å². The number of carbonyl (C=O) groups excluding carboxylic acids is 1. The number of rotatable bonds is 2. The minimum atomic E-state index is -0.746. The minimum absolute atomic E-state index is 0.0551. The Morgan fingerprint density at radius 1 is 1.13 bits per heavy atom. The van der Waals surface area contributed by atoms with Gasteiger partial charge in [0.25, 0.3) is 11.5 Å². The van der Waals surface area contributed by atoms with E-state index in [0.717, 1.165) is 0 Å². The van der Waals surface area contributed by atoms with Gasteiger partial charge < -0.3 is 20.6 Å². The van der Waals surface area contributed by atoms with Gasteiger partial charge in [0.05, 0.1) is 34.1 Å². The smallest absolute Gasteiger partial charge is 0.254 e. The Morgan fingerprint density at radius 3 is 2.68 bits per heavy atom. The zero-order valence-electron chi connectivity index (χ0n) is 20.5. The van der Waals surface area contributed by atoms with Crippen molar-refractivity contribution in [2.45, 2.75) is 44.7 Å². The fourth-order valence-electron chi connectivity index (χ4n) is 5.58. The summed E-state index contributed by atoms with van der Waals surface area (Å²) in [6.07, 6.45) is 2.66. The summed E-state index contributed by atoms with van der Waals surface area (Å²) in [4.78, 5) is 38.3. The lowest BCUT2D eigenvalue weighted by molar-refractivity contribution is 0.0911. The number of pyridine rings is 2. The van der Waals surface area contributed by atoms with Crippen LogP contribution in [0.3, 0.4) is 0 Å². The van der Waals surface area contributed by atoms with E-state index in [0.29, 0.717) is 42.0 Å². The molecule has 0 saturated carbocycles. The maximum atomic E-state index is 15.5. The van der Waals surface area contributed by atoms with E-state index in [9.17, 15) is 14.0 Å². The summed E-state index contributed by atoms with van der Waals surface area (Å²) in [5.41, 5.74) is 6.80. The average Bonchev–Trinajstić information content (AvgIpc) is 3.48. The average molecular weight is 537 g/mol. The van der Waals surface area contributed by atoms with Crippen LogP contribution in [-0.2, 0) is 12.8 Å². The Bertz CT molecular complexity index is 1710. The highest BCUT2D eigenvalue weighted by molar-refractivity contribution is 6.31. The molecule has 0 bridgehead atoms. The molecule has 6 rings (SSSR count). The van der Waals surface area contributed by atoms with Gasteiger partial charge >= 0.3 is 0 Å². The van der Waals surface area contributed by atoms with Gasteiger partial charge in [-0.05, 0) is 56.9 Å². The van der Waals surface area contributed by atoms with Crippen molar-refractivity contribution in [1.29, 1.82) is 0 Å². The summed E-state index contributed by atoms with van der Waals surface area (Å²) in [6.45, 7) is 3.72. The van der Waals surface area contributed by atoms with Gasteiger partial charge in [0.1, 0.15) is 17.5 Å². The highest BCUT2D eigenvalue weighted by Crippen LogP contribution is 2.40. The predicted octanol–water partition coefficient (Wildman–Crippen LogP) is 4.41. The highest BCUT2D eigenvalue weighted by atomic mass is 35.5. The summed E-state index contributed by atoms with van der Waals surface area (Å²) in [5, 5.41) is 2.95. The lowest BCUT2D eigenvalue weighted by Gasteiger charge is -2.32. The maximum absolute atomic E-state index is 15.5. The Hall–Kier alpha value is -4.05. The zero-order chi connectivity index (χ0) is 26.9. The summed E-state index contributed by atoms with van der Waals surface area (Å²) >= 11 is 6.14. The summed E-state index contributed by atoms with van der Waals surface area (Å²) < 4.78 is 31.4. The van der Waals surface area contributed by atoms with Gasteiger partial charge in [-0.1, -0.05) is 17.7 Å². The molecule has 0 fully saturated rings. The van der Waals surface area contributed by atoms with Crippen molar-refractivity contribution in [3.8, 4) is 22.4 Å². The monoisotopic (exact) mass is 536 g/mol. The van der Waals surface area contributed by atoms with Crippen LogP contribution < -0.4 is 16.6 Å². The van der Waals surface area contributed by atoms with Crippen molar-refractivity contribution in [3.63, 3.8) is 0 Å². The number of carbonyl (C=O) groups is 1. The molecule has 194 valence electrons. The third kappa shape index (κ3) is 3.78. The number of benzene rings is 1. The normalized spacial score (nSPS) is 17.7. The molecule has 1 aromatic carbocycles. The molecule has 5 heterocycles. The van der Waals surface area contributed by atoms with Crippen LogP contribution in [0.2, 0.25) is 5.02 Å². The minimum Gasteiger partial charge on any atom is -0.384 e. The SMILES string of the molecule is CC1(C)Cc2ccc(Cl)c(F)c2-c2cc(=O)n3c(c2C(=O)N1)CC[C@@H]3c1ncc(-c2ccc(N)nc2F)[nH]1. The van der Waals surface area contributed by atoms with Crippen LogP contribution >= 0.6 is 11.6 Å². The van der Waals surface area contributed by atoms with Gasteiger partial charge in [0, 0.05) is 28.4 Å². The number of amides is 1. The van der Waals surface area contributed by atoms with E-state index >= 15 is 4.39 Å². The van der Waals surface area contributed by atoms with E-state index in [1.807, 2.05) is 13.8 Å². The van der Waals surface area contributed by atoms with Crippen LogP contribution in [0.1, 0.15) is 53.7 Å². The zero-order valence-corrected chi connectivity index (χ0v) is 21.3. The fourth-order valence-corrected chi connectivity index (χ4v) is 5.74. The summed E-state index contributed by atoms with van der Waals surface area (Å²) in [5.74, 6) is -1.32. The lowest BCUT2D eigenvalue weighted by Crippen LogP contribution is -2.47. The van der Waals surface area contributed by atoms with Crippen molar-refractivity contribution in [1.82, 2.24) is 24.8 Å². The number of nitrogens with one attached hydrogen (secondary N) is 2. The number of H-pyrrole nitrogens is 1. The fraction of sp³-hybridized carbons (Fsp3) is 0.259. The maximum Gasteiger partial charge on any atom is 0.254 e. The van der Waals surface area contributed by atoms with Gasteiger partial charge in [0.2, 0.25) is 5.95 Å². The Morgan fingerprint density at radius 2 is 1.92 bits per heavy atom. The van der Waals surface area contributed by atoms with Gasteiger partial charge in [-0.25, -0.2) is 14.4 Å². The Labute approximate surface area is 220 Å². The number of hydrogen-bond donors (Lipinski definition) is 3. The van der Waals surface area contributed by atoms with E-state index in [1.165, 1.54) is 35.0 Å². The predicted molar refractivity (Wildman–Crippen MR) is 139 cm³/mol. The topological polar surface area (TPSA) is 119 Å². The number of aromatic amines is 1. The van der Waals surface area contributed by atoms with Crippen molar-refractivity contribution in [3.05, 3.63) is 86.3 Å². The number of hydrogen-bond acceptors (Lipinski definition) is 5. The van der Waals surface area contributed by atoms with Crippen molar-refractivity contribution in [2.24, 2.45) is 0 Å². The van der Waals surface area contributed by atoms with E-state index < -0.39 is 34.8 Å². The number of anilines is 1. The van der Waals surface area contributed by atoms with E-state index in [1.54, 1.807) is 6.07 Å². The van der Waals surface area contributed by atoms with Gasteiger partial charge in [0.15, 0.2) is 0 Å². The molecule has 38 heavy (non-hydrogen) atoms. The van der Waals surface area contributed by atoms with Crippen molar-refractivity contribution < 1.29 is 13.6 Å². The molecular weight excluding hydrogens is 514 g/mol. The molecule has 3 aromatic heterocycles. The third-order valence-electron chi connectivity index (χ3n) is 7.15. The first-order valence-corrected chi connectivity index (χ1v) is 12.5. The first-order chi connectivity index (χ1) is 18.0. The molecule has 0 saturated heterocycles. The number of nitrogens with zero attached hydrogens (tertiary/aromatic N) is 3. The molecule has 1 amide bonds. The quantitative estimate of drug-likeness (QED) is 0.328. The highest BCUT2D eigenvalue weighted by Gasteiger charge is 2.37. The summed E-state index contributed by atoms with van der Waals surface area (Å²) in [7, 11) is 0. The molecule has 0 unspecified atom stereocenters. The van der Waals surface area contributed by atoms with Crippen LogP contribution in [0.4, 0.5) is 14.6 Å². The molecule has 2 aliphatic heterocycles. The van der Waals surface area contributed by atoms with E-state index in [-0.39, 0.29) is 33.1 Å². The number of halogens is 3. The van der Waals surface area contributed by atoms with Crippen LogP contribution in [0, 0.1) is 11.8 Å². The van der Waals surface area contributed by atoms with E-state index in [4.69, 9.17) is 17.3 Å². The molecule has 8 nitrogen and oxygen atoms in total. The van der Waals surface area contributed by atoms with Crippen molar-refractivity contribution >= 4 is 23.3 Å². The number of imidazole rings is 1. The van der Waals surface area contributed by atoms with E-state index in [2.05, 4.69) is 20.3 Å². The van der Waals surface area contributed by atoms with Crippen LogP contribution in [0.15, 0.2) is 41.3 Å². The van der Waals surface area contributed by atoms with Crippen molar-refractivity contribution in [2.75, 3.05) is 5.73 Å². The second-order valence-electron chi connectivity index (χ2n) is 10.3. The molecule has 4 aromatic rings. The molecule has 2 aliphatic rings. The molecule has 0 radical (unpaired) electrons. The first kappa shape index (κ1) is 24.3. The molecule has 0 aliphatic carbocycles. The van der Waals surface area contributed by atoms with Gasteiger partial charge in [-0.2, -0.15) is 4.39 Å². The number of fused-ring (bicyclic) bond motifs is 5. The number of aromatic nitrogens is 4. The summed E-state index contributed by atoms with van der Waals surface area (Å²) in [6, 6.07) is 6.95. The Kier molecular flexibility index (Phi) is 5.43. The largest absolute Gasteiger partial charge is 0.384 e. The molecule has 1 atom stereocenters. The lowest BCUT2D eigenvalue weighted by atomic mass is 9.84. The molecule has 4 N–H and O–H groups in total. The second-order valence-corrected chi connectivity index (χ2v) is 10.7. The first-order valence-electron chi connectivity index (χ1n) is 12.1. The standard InChI is InChI=1S/C27H23ClF2N6O2/c1-27(2)10-12-3-5-15(28)23(29)21(12)14-9-20(37)36-17(22(14)26(38)35-27)6-7-18(36)25-32-11-16(33-25)13-4-8-19(31)34-24(13)30/h3-5,8-9,11,18H,6-7,10H2,1-2H3,(H2,31,34)(H,32,33)(H,35,38)/t18-/m1/s1. The second kappa shape index (κ2) is 8.49. The molecule has 11 heteroatoms. The van der Waals surface area contributed by atoms with Crippen LogP contribution in [0.5, 0.6) is 0 Å². The number of nitrogen functional groups attached to an aromatic ring is 1. The van der Waals surface area contributed by atoms with Gasteiger partial charge in [-0.15, -0.1) is 0 Å². The Balaban J connectivity index is 1.52. The van der Waals surface area contributed by atoms with Gasteiger partial charge in [-0.3, -0.25) is 9.59 Å². The number of nitrogens with two attached hydrogens (primary N) is 1. The van der Waals surface area contributed by atoms with Crippen LogP contribution in [-0.4, -0.2) is 31.0 Å². The molecular formula is C27H23ClF2N6O2. The molecule has 0 spiro atoms. The third-order valence-corrected chi connectivity index (χ3v) is 7.45.